The van der Waals surface area contributed by atoms with Crippen molar-refractivity contribution in [1.29, 1.82) is 0 Å². The number of ether oxygens (including phenoxy) is 1. The van der Waals surface area contributed by atoms with Gasteiger partial charge in [0.2, 0.25) is 0 Å². The SMILES string of the molecule is C=CCOC(=O)C1C(/C=C\C)C1(C)C. The highest BCUT2D eigenvalue weighted by molar-refractivity contribution is 5.78. The van der Waals surface area contributed by atoms with Crippen molar-refractivity contribution < 1.29 is 9.53 Å². The molecule has 2 heteroatoms. The molecule has 0 amide bonds. The molecule has 0 heterocycles. The quantitative estimate of drug-likeness (QED) is 0.508. The zero-order chi connectivity index (χ0) is 10.8. The lowest BCUT2D eigenvalue weighted by atomic mass is 10.1. The molecular formula is C12H18O2. The molecule has 2 unspecified atom stereocenters. The number of hydrogen-bond acceptors (Lipinski definition) is 2. The van der Waals surface area contributed by atoms with E-state index in [1.165, 1.54) is 0 Å². The first kappa shape index (κ1) is 11.0. The van der Waals surface area contributed by atoms with Gasteiger partial charge in [-0.2, -0.15) is 0 Å². The van der Waals surface area contributed by atoms with Crippen LogP contribution in [0.4, 0.5) is 0 Å². The molecule has 78 valence electrons. The first-order chi connectivity index (χ1) is 6.55. The van der Waals surface area contributed by atoms with E-state index in [1.807, 2.05) is 13.0 Å². The first-order valence-corrected chi connectivity index (χ1v) is 4.96. The minimum atomic E-state index is -0.0991. The summed E-state index contributed by atoms with van der Waals surface area (Å²) in [6.45, 7) is 9.99. The molecule has 1 fully saturated rings. The lowest BCUT2D eigenvalue weighted by Gasteiger charge is -2.02. The zero-order valence-corrected chi connectivity index (χ0v) is 9.12. The van der Waals surface area contributed by atoms with E-state index < -0.39 is 0 Å². The molecule has 2 atom stereocenters. The third-order valence-electron chi connectivity index (χ3n) is 2.91. The van der Waals surface area contributed by atoms with Gasteiger partial charge in [-0.3, -0.25) is 4.79 Å². The predicted octanol–water partition coefficient (Wildman–Crippen LogP) is 2.56. The van der Waals surface area contributed by atoms with Gasteiger partial charge in [0.15, 0.2) is 0 Å². The molecule has 0 bridgehead atoms. The van der Waals surface area contributed by atoms with Gasteiger partial charge in [-0.15, -0.1) is 0 Å². The van der Waals surface area contributed by atoms with Crippen molar-refractivity contribution in [3.63, 3.8) is 0 Å². The van der Waals surface area contributed by atoms with E-state index in [9.17, 15) is 4.79 Å². The van der Waals surface area contributed by atoms with Gasteiger partial charge in [0.25, 0.3) is 0 Å². The van der Waals surface area contributed by atoms with Crippen LogP contribution in [-0.2, 0) is 9.53 Å². The molecule has 2 nitrogen and oxygen atoms in total. The predicted molar refractivity (Wildman–Crippen MR) is 56.7 cm³/mol. The Labute approximate surface area is 85.6 Å². The minimum absolute atomic E-state index is 0.0265. The number of hydrogen-bond donors (Lipinski definition) is 0. The van der Waals surface area contributed by atoms with Crippen molar-refractivity contribution in [3.05, 3.63) is 24.8 Å². The summed E-state index contributed by atoms with van der Waals surface area (Å²) in [5, 5.41) is 0. The highest BCUT2D eigenvalue weighted by Gasteiger charge is 2.61. The summed E-state index contributed by atoms with van der Waals surface area (Å²) in [7, 11) is 0. The lowest BCUT2D eigenvalue weighted by molar-refractivity contribution is -0.144. The molecule has 14 heavy (non-hydrogen) atoms. The second-order valence-electron chi connectivity index (χ2n) is 4.27. The summed E-state index contributed by atoms with van der Waals surface area (Å²) < 4.78 is 5.04. The Morgan fingerprint density at radius 1 is 1.57 bits per heavy atom. The average molecular weight is 194 g/mol. The van der Waals surface area contributed by atoms with E-state index in [-0.39, 0.29) is 17.3 Å². The van der Waals surface area contributed by atoms with E-state index in [4.69, 9.17) is 4.74 Å². The van der Waals surface area contributed by atoms with Crippen LogP contribution in [0.15, 0.2) is 24.8 Å². The highest BCUT2D eigenvalue weighted by Crippen LogP contribution is 2.59. The molecule has 1 aliphatic carbocycles. The van der Waals surface area contributed by atoms with Crippen molar-refractivity contribution in [3.8, 4) is 0 Å². The summed E-state index contributed by atoms with van der Waals surface area (Å²) in [5.74, 6) is 0.265. The number of carbonyl (C=O) groups is 1. The summed E-state index contributed by atoms with van der Waals surface area (Å²) in [5.41, 5.74) is 0.0603. The number of allylic oxidation sites excluding steroid dienone is 2. The van der Waals surface area contributed by atoms with Gasteiger partial charge in [-0.05, 0) is 18.3 Å². The van der Waals surface area contributed by atoms with Gasteiger partial charge in [0.1, 0.15) is 6.61 Å². The van der Waals surface area contributed by atoms with Crippen LogP contribution in [0, 0.1) is 17.3 Å². The van der Waals surface area contributed by atoms with E-state index >= 15 is 0 Å². The topological polar surface area (TPSA) is 26.3 Å². The van der Waals surface area contributed by atoms with Crippen molar-refractivity contribution in [2.24, 2.45) is 17.3 Å². The van der Waals surface area contributed by atoms with Crippen molar-refractivity contribution in [2.75, 3.05) is 6.61 Å². The summed E-state index contributed by atoms with van der Waals surface area (Å²) in [6, 6.07) is 0. The Bertz CT molecular complexity index is 263. The van der Waals surface area contributed by atoms with E-state index in [1.54, 1.807) is 6.08 Å². The van der Waals surface area contributed by atoms with Crippen LogP contribution >= 0.6 is 0 Å². The maximum absolute atomic E-state index is 11.6. The molecule has 0 aliphatic heterocycles. The molecule has 0 spiro atoms. The van der Waals surface area contributed by atoms with Crippen LogP contribution < -0.4 is 0 Å². The fourth-order valence-electron chi connectivity index (χ4n) is 1.93. The van der Waals surface area contributed by atoms with Gasteiger partial charge in [-0.25, -0.2) is 0 Å². The van der Waals surface area contributed by atoms with Crippen molar-refractivity contribution in [1.82, 2.24) is 0 Å². The van der Waals surface area contributed by atoms with E-state index in [0.717, 1.165) is 0 Å². The first-order valence-electron chi connectivity index (χ1n) is 4.96. The van der Waals surface area contributed by atoms with Gasteiger partial charge < -0.3 is 4.74 Å². The Hall–Kier alpha value is -1.05. The smallest absolute Gasteiger partial charge is 0.310 e. The number of esters is 1. The van der Waals surface area contributed by atoms with Crippen molar-refractivity contribution >= 4 is 5.97 Å². The molecule has 0 N–H and O–H groups in total. The van der Waals surface area contributed by atoms with Crippen molar-refractivity contribution in [2.45, 2.75) is 20.8 Å². The van der Waals surface area contributed by atoms with Gasteiger partial charge in [0, 0.05) is 0 Å². The van der Waals surface area contributed by atoms with Crippen LogP contribution in [0.2, 0.25) is 0 Å². The third kappa shape index (κ3) is 1.89. The molecule has 1 rings (SSSR count). The standard InChI is InChI=1S/C12H18O2/c1-5-7-9-10(12(9,3)4)11(13)14-8-6-2/h5-7,9-10H,2,8H2,1,3-4H3/b7-5-. The number of carbonyl (C=O) groups excluding carboxylic acids is 1. The van der Waals surface area contributed by atoms with Gasteiger partial charge >= 0.3 is 5.97 Å². The molecule has 0 aromatic heterocycles. The van der Waals surface area contributed by atoms with Crippen LogP contribution in [0.3, 0.4) is 0 Å². The van der Waals surface area contributed by atoms with Gasteiger partial charge in [0.05, 0.1) is 5.92 Å². The zero-order valence-electron chi connectivity index (χ0n) is 9.12. The molecule has 0 aromatic carbocycles. The second-order valence-corrected chi connectivity index (χ2v) is 4.27. The summed E-state index contributed by atoms with van der Waals surface area (Å²) in [4.78, 5) is 11.6. The van der Waals surface area contributed by atoms with Crippen LogP contribution in [0.1, 0.15) is 20.8 Å². The Kier molecular flexibility index (Phi) is 3.14. The number of rotatable bonds is 4. The third-order valence-corrected chi connectivity index (χ3v) is 2.91. The fraction of sp³-hybridized carbons (Fsp3) is 0.583. The Morgan fingerprint density at radius 2 is 2.21 bits per heavy atom. The Balaban J connectivity index is 2.54. The maximum Gasteiger partial charge on any atom is 0.310 e. The van der Waals surface area contributed by atoms with Crippen LogP contribution in [-0.4, -0.2) is 12.6 Å². The van der Waals surface area contributed by atoms with Crippen LogP contribution in [0.5, 0.6) is 0 Å². The summed E-state index contributed by atoms with van der Waals surface area (Å²) >= 11 is 0. The molecule has 0 saturated heterocycles. The molecule has 0 radical (unpaired) electrons. The minimum Gasteiger partial charge on any atom is -0.461 e. The molecule has 1 aliphatic rings. The average Bonchev–Trinajstić information content (AvgIpc) is 2.65. The Morgan fingerprint density at radius 3 is 2.71 bits per heavy atom. The highest BCUT2D eigenvalue weighted by atomic mass is 16.5. The second kappa shape index (κ2) is 3.99. The molecule has 1 saturated carbocycles. The summed E-state index contributed by atoms with van der Waals surface area (Å²) in [6.07, 6.45) is 5.67. The normalized spacial score (nSPS) is 28.8. The van der Waals surface area contributed by atoms with Gasteiger partial charge in [-0.1, -0.05) is 38.7 Å². The molecule has 0 aromatic rings. The molecular weight excluding hydrogens is 176 g/mol. The largest absolute Gasteiger partial charge is 0.461 e. The van der Waals surface area contributed by atoms with E-state index in [2.05, 4.69) is 26.5 Å². The monoisotopic (exact) mass is 194 g/mol. The van der Waals surface area contributed by atoms with Crippen LogP contribution in [0.25, 0.3) is 0 Å². The maximum atomic E-state index is 11.6. The fourth-order valence-corrected chi connectivity index (χ4v) is 1.93. The van der Waals surface area contributed by atoms with E-state index in [0.29, 0.717) is 12.5 Å². The lowest BCUT2D eigenvalue weighted by Crippen LogP contribution is -2.10.